The molecule has 0 spiro atoms. The summed E-state index contributed by atoms with van der Waals surface area (Å²) in [6.07, 6.45) is 4.81. The zero-order chi connectivity index (χ0) is 13.2. The highest BCUT2D eigenvalue weighted by molar-refractivity contribution is 5.80. The van der Waals surface area contributed by atoms with Gasteiger partial charge in [0, 0.05) is 36.4 Å². The lowest BCUT2D eigenvalue weighted by Crippen LogP contribution is -2.04. The van der Waals surface area contributed by atoms with Crippen LogP contribution in [-0.2, 0) is 13.1 Å². The second-order valence-corrected chi connectivity index (χ2v) is 4.57. The van der Waals surface area contributed by atoms with Gasteiger partial charge in [0.15, 0.2) is 0 Å². The third kappa shape index (κ3) is 2.45. The number of fused-ring (bicyclic) bond motifs is 1. The lowest BCUT2D eigenvalue weighted by atomic mass is 10.2. The molecule has 98 valence electrons. The normalized spacial score (nSPS) is 11.2. The largest absolute Gasteiger partial charge is 0.382 e. The van der Waals surface area contributed by atoms with Crippen LogP contribution >= 0.6 is 0 Å². The van der Waals surface area contributed by atoms with Gasteiger partial charge in [-0.15, -0.1) is 0 Å². The number of benzene rings is 1. The van der Waals surface area contributed by atoms with E-state index in [9.17, 15) is 4.39 Å². The van der Waals surface area contributed by atoms with E-state index in [4.69, 9.17) is 5.73 Å². The number of hydrogen-bond donors (Lipinski definition) is 1. The highest BCUT2D eigenvalue weighted by Gasteiger charge is 2.02. The minimum atomic E-state index is -0.197. The molecule has 2 heterocycles. The molecule has 0 saturated heterocycles. The van der Waals surface area contributed by atoms with Crippen LogP contribution in [-0.4, -0.2) is 14.3 Å². The first-order valence-electron chi connectivity index (χ1n) is 6.26. The molecule has 0 aliphatic carbocycles. The van der Waals surface area contributed by atoms with Crippen LogP contribution in [0.15, 0.2) is 42.7 Å². The Kier molecular flexibility index (Phi) is 2.95. The van der Waals surface area contributed by atoms with E-state index in [2.05, 4.69) is 9.67 Å². The average molecular weight is 258 g/mol. The van der Waals surface area contributed by atoms with Crippen LogP contribution in [0.2, 0.25) is 0 Å². The Morgan fingerprint density at radius 3 is 2.79 bits per heavy atom. The van der Waals surface area contributed by atoms with Crippen LogP contribution in [0.4, 0.5) is 10.2 Å². The van der Waals surface area contributed by atoms with Gasteiger partial charge in [-0.2, -0.15) is 5.10 Å². The molecule has 0 unspecified atom stereocenters. The fourth-order valence-corrected chi connectivity index (χ4v) is 2.27. The maximum Gasteiger partial charge on any atom is 0.145 e. The maximum absolute atomic E-state index is 13.1. The fraction of sp³-hybridized carbons (Fsp3) is 0.214. The Bertz CT molecular complexity index is 698. The van der Waals surface area contributed by atoms with E-state index in [1.807, 2.05) is 29.2 Å². The predicted octanol–water partition coefficient (Wildman–Crippen LogP) is 2.65. The molecule has 0 aliphatic rings. The molecule has 5 heteroatoms. The number of rotatable bonds is 4. The van der Waals surface area contributed by atoms with Crippen LogP contribution in [0.25, 0.3) is 10.9 Å². The first kappa shape index (κ1) is 11.8. The summed E-state index contributed by atoms with van der Waals surface area (Å²) >= 11 is 0. The van der Waals surface area contributed by atoms with Crippen LogP contribution in [0, 0.1) is 5.82 Å². The van der Waals surface area contributed by atoms with Gasteiger partial charge >= 0.3 is 0 Å². The summed E-state index contributed by atoms with van der Waals surface area (Å²) in [6, 6.07) is 8.59. The van der Waals surface area contributed by atoms with Crippen LogP contribution in [0.5, 0.6) is 0 Å². The van der Waals surface area contributed by atoms with Crippen molar-refractivity contribution in [3.8, 4) is 0 Å². The monoisotopic (exact) mass is 258 g/mol. The average Bonchev–Trinajstić information content (AvgIpc) is 2.96. The lowest BCUT2D eigenvalue weighted by molar-refractivity contribution is 0.535. The molecule has 3 aromatic rings. The Morgan fingerprint density at radius 1 is 1.11 bits per heavy atom. The number of hydrogen-bond acceptors (Lipinski definition) is 2. The van der Waals surface area contributed by atoms with Crippen molar-refractivity contribution < 1.29 is 4.39 Å². The van der Waals surface area contributed by atoms with E-state index in [-0.39, 0.29) is 5.82 Å². The number of aromatic nitrogens is 3. The second-order valence-electron chi connectivity index (χ2n) is 4.57. The van der Waals surface area contributed by atoms with Gasteiger partial charge in [-0.25, -0.2) is 4.39 Å². The Hall–Kier alpha value is -2.30. The third-order valence-electron chi connectivity index (χ3n) is 3.18. The molecule has 0 aliphatic heterocycles. The summed E-state index contributed by atoms with van der Waals surface area (Å²) in [5.74, 6) is 0.346. The SMILES string of the molecule is Nc1ccn(CCCn2ccc3cc(F)ccc32)n1. The van der Waals surface area contributed by atoms with Gasteiger partial charge in [0.2, 0.25) is 0 Å². The van der Waals surface area contributed by atoms with Crippen molar-refractivity contribution in [2.75, 3.05) is 5.73 Å². The van der Waals surface area contributed by atoms with Gasteiger partial charge in [-0.1, -0.05) is 0 Å². The molecule has 1 aromatic carbocycles. The number of nitrogen functional groups attached to an aromatic ring is 1. The summed E-state index contributed by atoms with van der Waals surface area (Å²) in [5, 5.41) is 5.07. The van der Waals surface area contributed by atoms with E-state index in [1.54, 1.807) is 12.1 Å². The van der Waals surface area contributed by atoms with Gasteiger partial charge in [0.05, 0.1) is 0 Å². The highest BCUT2D eigenvalue weighted by atomic mass is 19.1. The van der Waals surface area contributed by atoms with Crippen molar-refractivity contribution in [1.29, 1.82) is 0 Å². The maximum atomic E-state index is 13.1. The van der Waals surface area contributed by atoms with Crippen molar-refractivity contribution in [3.63, 3.8) is 0 Å². The van der Waals surface area contributed by atoms with Gasteiger partial charge in [-0.3, -0.25) is 4.68 Å². The van der Waals surface area contributed by atoms with Gasteiger partial charge < -0.3 is 10.3 Å². The lowest BCUT2D eigenvalue weighted by Gasteiger charge is -2.05. The number of aryl methyl sites for hydroxylation is 2. The molecule has 0 bridgehead atoms. The fourth-order valence-electron chi connectivity index (χ4n) is 2.27. The standard InChI is InChI=1S/C14H15FN4/c15-12-2-3-13-11(10-12)4-8-18(13)6-1-7-19-9-5-14(16)17-19/h2-5,8-10H,1,6-7H2,(H2,16,17). The molecule has 4 nitrogen and oxygen atoms in total. The molecular weight excluding hydrogens is 243 g/mol. The van der Waals surface area contributed by atoms with E-state index in [1.165, 1.54) is 6.07 Å². The van der Waals surface area contributed by atoms with Gasteiger partial charge in [-0.05, 0) is 36.8 Å². The number of halogens is 1. The van der Waals surface area contributed by atoms with E-state index < -0.39 is 0 Å². The van der Waals surface area contributed by atoms with Crippen LogP contribution < -0.4 is 5.73 Å². The molecule has 2 N–H and O–H groups in total. The molecule has 0 radical (unpaired) electrons. The number of anilines is 1. The topological polar surface area (TPSA) is 48.8 Å². The molecule has 0 amide bonds. The molecular formula is C14H15FN4. The van der Waals surface area contributed by atoms with Crippen molar-refractivity contribution in [2.24, 2.45) is 0 Å². The Labute approximate surface area is 110 Å². The summed E-state index contributed by atoms with van der Waals surface area (Å²) in [4.78, 5) is 0. The summed E-state index contributed by atoms with van der Waals surface area (Å²) in [7, 11) is 0. The molecule has 2 aromatic heterocycles. The first-order chi connectivity index (χ1) is 9.22. The summed E-state index contributed by atoms with van der Waals surface area (Å²) < 4.78 is 17.0. The highest BCUT2D eigenvalue weighted by Crippen LogP contribution is 2.17. The third-order valence-corrected chi connectivity index (χ3v) is 3.18. The van der Waals surface area contributed by atoms with Gasteiger partial charge in [0.1, 0.15) is 11.6 Å². The molecule has 19 heavy (non-hydrogen) atoms. The quantitative estimate of drug-likeness (QED) is 0.782. The summed E-state index contributed by atoms with van der Waals surface area (Å²) in [6.45, 7) is 1.69. The molecule has 0 saturated carbocycles. The molecule has 3 rings (SSSR count). The Morgan fingerprint density at radius 2 is 2.00 bits per heavy atom. The summed E-state index contributed by atoms with van der Waals surface area (Å²) in [5.41, 5.74) is 6.62. The zero-order valence-electron chi connectivity index (χ0n) is 10.5. The smallest absolute Gasteiger partial charge is 0.145 e. The van der Waals surface area contributed by atoms with Crippen molar-refractivity contribution in [1.82, 2.24) is 14.3 Å². The molecule has 0 atom stereocenters. The zero-order valence-corrected chi connectivity index (χ0v) is 10.5. The minimum Gasteiger partial charge on any atom is -0.382 e. The van der Waals surface area contributed by atoms with Crippen LogP contribution in [0.1, 0.15) is 6.42 Å². The van der Waals surface area contributed by atoms with E-state index in [0.29, 0.717) is 5.82 Å². The second kappa shape index (κ2) is 4.76. The van der Waals surface area contributed by atoms with Crippen molar-refractivity contribution in [2.45, 2.75) is 19.5 Å². The van der Waals surface area contributed by atoms with Crippen molar-refractivity contribution in [3.05, 3.63) is 48.5 Å². The van der Waals surface area contributed by atoms with Crippen LogP contribution in [0.3, 0.4) is 0 Å². The molecule has 0 fully saturated rings. The first-order valence-corrected chi connectivity index (χ1v) is 6.26. The van der Waals surface area contributed by atoms with Gasteiger partial charge in [0.25, 0.3) is 0 Å². The number of nitrogens with two attached hydrogens (primary N) is 1. The van der Waals surface area contributed by atoms with E-state index >= 15 is 0 Å². The Balaban J connectivity index is 1.68. The van der Waals surface area contributed by atoms with E-state index in [0.717, 1.165) is 30.4 Å². The van der Waals surface area contributed by atoms with Crippen molar-refractivity contribution >= 4 is 16.7 Å². The minimum absolute atomic E-state index is 0.197. The number of nitrogens with zero attached hydrogens (tertiary/aromatic N) is 3. The predicted molar refractivity (Wildman–Crippen MR) is 73.2 cm³/mol.